The van der Waals surface area contributed by atoms with Crippen LogP contribution in [0.3, 0.4) is 0 Å². The molecule has 0 aliphatic carbocycles. The van der Waals surface area contributed by atoms with Gasteiger partial charge in [-0.3, -0.25) is 0 Å². The maximum atomic E-state index is 12.8. The van der Waals surface area contributed by atoms with Gasteiger partial charge in [0.2, 0.25) is 0 Å². The third-order valence-corrected chi connectivity index (χ3v) is 4.25. The van der Waals surface area contributed by atoms with Crippen molar-refractivity contribution in [1.82, 2.24) is 5.32 Å². The second-order valence-corrected chi connectivity index (χ2v) is 6.34. The van der Waals surface area contributed by atoms with E-state index in [4.69, 9.17) is 9.47 Å². The Morgan fingerprint density at radius 2 is 1.74 bits per heavy atom. The van der Waals surface area contributed by atoms with Crippen LogP contribution in [0.4, 0.5) is 13.2 Å². The van der Waals surface area contributed by atoms with Crippen LogP contribution in [0.15, 0.2) is 42.5 Å². The molecule has 0 saturated heterocycles. The molecular formula is C20H24F3NO3. The lowest BCUT2D eigenvalue weighted by Crippen LogP contribution is -2.32. The lowest BCUT2D eigenvalue weighted by atomic mass is 10.0. The van der Waals surface area contributed by atoms with Gasteiger partial charge in [0.05, 0.1) is 25.9 Å². The zero-order chi connectivity index (χ0) is 20.0. The summed E-state index contributed by atoms with van der Waals surface area (Å²) in [5.41, 5.74) is 0.481. The number of alkyl halides is 3. The maximum Gasteiger partial charge on any atom is 0.416 e. The summed E-state index contributed by atoms with van der Waals surface area (Å²) in [5, 5.41) is 13.4. The summed E-state index contributed by atoms with van der Waals surface area (Å²) in [6.07, 6.45) is -4.79. The van der Waals surface area contributed by atoms with E-state index in [-0.39, 0.29) is 18.2 Å². The summed E-state index contributed by atoms with van der Waals surface area (Å²) in [6, 6.07) is 10.4. The number of methoxy groups -OCH3 is 2. The molecule has 7 heteroatoms. The number of ether oxygens (including phenoxy) is 2. The van der Waals surface area contributed by atoms with Crippen LogP contribution in [-0.4, -0.2) is 31.9 Å². The number of halogens is 3. The summed E-state index contributed by atoms with van der Waals surface area (Å²) in [7, 11) is 3.13. The van der Waals surface area contributed by atoms with Gasteiger partial charge >= 0.3 is 6.18 Å². The summed E-state index contributed by atoms with van der Waals surface area (Å²) in [6.45, 7) is 2.09. The van der Waals surface area contributed by atoms with Gasteiger partial charge < -0.3 is 19.9 Å². The van der Waals surface area contributed by atoms with E-state index in [9.17, 15) is 18.3 Å². The van der Waals surface area contributed by atoms with Gasteiger partial charge in [-0.05, 0) is 48.7 Å². The zero-order valence-electron chi connectivity index (χ0n) is 15.5. The van der Waals surface area contributed by atoms with Crippen LogP contribution in [0, 0.1) is 0 Å². The highest BCUT2D eigenvalue weighted by atomic mass is 19.4. The van der Waals surface area contributed by atoms with Crippen molar-refractivity contribution in [2.24, 2.45) is 0 Å². The fraction of sp³-hybridized carbons (Fsp3) is 0.400. The van der Waals surface area contributed by atoms with Gasteiger partial charge in [0.25, 0.3) is 0 Å². The van der Waals surface area contributed by atoms with Gasteiger partial charge in [0, 0.05) is 12.6 Å². The quantitative estimate of drug-likeness (QED) is 0.724. The summed E-state index contributed by atoms with van der Waals surface area (Å²) in [5.74, 6) is 1.27. The number of benzene rings is 2. The highest BCUT2D eigenvalue weighted by molar-refractivity contribution is 5.43. The Hall–Kier alpha value is -2.25. The predicted molar refractivity (Wildman–Crippen MR) is 97.1 cm³/mol. The Bertz CT molecular complexity index is 749. The Labute approximate surface area is 156 Å². The monoisotopic (exact) mass is 383 g/mol. The Morgan fingerprint density at radius 1 is 1.04 bits per heavy atom. The lowest BCUT2D eigenvalue weighted by Gasteiger charge is -2.19. The van der Waals surface area contributed by atoms with Crippen molar-refractivity contribution in [2.75, 3.05) is 20.8 Å². The molecule has 0 saturated carbocycles. The average molecular weight is 383 g/mol. The van der Waals surface area contributed by atoms with E-state index in [1.54, 1.807) is 14.2 Å². The van der Waals surface area contributed by atoms with E-state index >= 15 is 0 Å². The largest absolute Gasteiger partial charge is 0.493 e. The first-order valence-electron chi connectivity index (χ1n) is 8.54. The number of hydrogen-bond acceptors (Lipinski definition) is 4. The SMILES string of the molecule is COc1ccc(CC(C)NCC(O)c2cccc(C(F)(F)F)c2)cc1OC. The van der Waals surface area contributed by atoms with Crippen molar-refractivity contribution < 1.29 is 27.8 Å². The van der Waals surface area contributed by atoms with E-state index < -0.39 is 17.8 Å². The standard InChI is InChI=1S/C20H24F3NO3/c1-13(9-14-7-8-18(26-2)19(10-14)27-3)24-12-17(25)15-5-4-6-16(11-15)20(21,22)23/h4-8,10-11,13,17,24-25H,9,12H2,1-3H3. The van der Waals surface area contributed by atoms with E-state index in [1.807, 2.05) is 25.1 Å². The number of hydrogen-bond donors (Lipinski definition) is 2. The first-order chi connectivity index (χ1) is 12.7. The molecule has 0 radical (unpaired) electrons. The predicted octanol–water partition coefficient (Wildman–Crippen LogP) is 3.98. The summed E-state index contributed by atoms with van der Waals surface area (Å²) < 4.78 is 48.8. The topological polar surface area (TPSA) is 50.7 Å². The molecule has 0 fully saturated rings. The molecule has 0 aromatic heterocycles. The van der Waals surface area contributed by atoms with Gasteiger partial charge in [-0.1, -0.05) is 18.2 Å². The molecule has 0 aliphatic rings. The molecule has 2 rings (SSSR count). The summed E-state index contributed by atoms with van der Waals surface area (Å²) in [4.78, 5) is 0. The van der Waals surface area contributed by atoms with E-state index in [1.165, 1.54) is 12.1 Å². The minimum Gasteiger partial charge on any atom is -0.493 e. The zero-order valence-corrected chi connectivity index (χ0v) is 15.5. The number of aliphatic hydroxyl groups excluding tert-OH is 1. The van der Waals surface area contributed by atoms with Gasteiger partial charge in [0.15, 0.2) is 11.5 Å². The molecule has 0 amide bonds. The molecule has 2 unspecified atom stereocenters. The van der Waals surface area contributed by atoms with Gasteiger partial charge in [-0.25, -0.2) is 0 Å². The molecule has 0 spiro atoms. The fourth-order valence-electron chi connectivity index (χ4n) is 2.79. The smallest absolute Gasteiger partial charge is 0.416 e. The molecule has 2 aromatic carbocycles. The molecule has 2 atom stereocenters. The van der Waals surface area contributed by atoms with Crippen LogP contribution in [-0.2, 0) is 12.6 Å². The van der Waals surface area contributed by atoms with Crippen LogP contribution in [0.25, 0.3) is 0 Å². The highest BCUT2D eigenvalue weighted by Gasteiger charge is 2.30. The van der Waals surface area contributed by atoms with Crippen LogP contribution in [0.2, 0.25) is 0 Å². The van der Waals surface area contributed by atoms with Crippen molar-refractivity contribution in [3.63, 3.8) is 0 Å². The van der Waals surface area contributed by atoms with E-state index in [0.717, 1.165) is 17.7 Å². The van der Waals surface area contributed by atoms with E-state index in [0.29, 0.717) is 17.9 Å². The third-order valence-electron chi connectivity index (χ3n) is 4.25. The maximum absolute atomic E-state index is 12.8. The molecule has 148 valence electrons. The van der Waals surface area contributed by atoms with Crippen molar-refractivity contribution in [2.45, 2.75) is 31.7 Å². The molecular weight excluding hydrogens is 359 g/mol. The first kappa shape index (κ1) is 21.1. The number of aliphatic hydroxyl groups is 1. The van der Waals surface area contributed by atoms with Gasteiger partial charge in [-0.15, -0.1) is 0 Å². The van der Waals surface area contributed by atoms with Crippen molar-refractivity contribution in [1.29, 1.82) is 0 Å². The van der Waals surface area contributed by atoms with Gasteiger partial charge in [-0.2, -0.15) is 13.2 Å². The Kier molecular flexibility index (Phi) is 7.10. The molecule has 2 aromatic rings. The second kappa shape index (κ2) is 9.10. The molecule has 2 N–H and O–H groups in total. The van der Waals surface area contributed by atoms with Crippen LogP contribution in [0.1, 0.15) is 29.7 Å². The molecule has 0 heterocycles. The van der Waals surface area contributed by atoms with Crippen molar-refractivity contribution >= 4 is 0 Å². The summed E-state index contributed by atoms with van der Waals surface area (Å²) >= 11 is 0. The number of rotatable bonds is 8. The Balaban J connectivity index is 1.94. The molecule has 27 heavy (non-hydrogen) atoms. The minimum absolute atomic E-state index is 0.00329. The van der Waals surface area contributed by atoms with Crippen LogP contribution >= 0.6 is 0 Å². The third kappa shape index (κ3) is 5.87. The van der Waals surface area contributed by atoms with Crippen molar-refractivity contribution in [3.8, 4) is 11.5 Å². The lowest BCUT2D eigenvalue weighted by molar-refractivity contribution is -0.137. The fourth-order valence-corrected chi connectivity index (χ4v) is 2.79. The van der Waals surface area contributed by atoms with Crippen molar-refractivity contribution in [3.05, 3.63) is 59.2 Å². The van der Waals surface area contributed by atoms with Crippen LogP contribution < -0.4 is 14.8 Å². The Morgan fingerprint density at radius 3 is 2.37 bits per heavy atom. The van der Waals surface area contributed by atoms with E-state index in [2.05, 4.69) is 5.32 Å². The number of nitrogens with one attached hydrogen (secondary N) is 1. The van der Waals surface area contributed by atoms with Crippen LogP contribution in [0.5, 0.6) is 11.5 Å². The average Bonchev–Trinajstić information content (AvgIpc) is 2.65. The van der Waals surface area contributed by atoms with Gasteiger partial charge in [0.1, 0.15) is 0 Å². The normalized spacial score (nSPS) is 13.9. The molecule has 0 aliphatic heterocycles. The highest BCUT2D eigenvalue weighted by Crippen LogP contribution is 2.31. The minimum atomic E-state index is -4.43. The molecule has 0 bridgehead atoms. The molecule has 4 nitrogen and oxygen atoms in total. The first-order valence-corrected chi connectivity index (χ1v) is 8.54. The second-order valence-electron chi connectivity index (χ2n) is 6.34.